The van der Waals surface area contributed by atoms with Crippen molar-refractivity contribution in [2.75, 3.05) is 0 Å². The van der Waals surface area contributed by atoms with E-state index in [9.17, 15) is 0 Å². The maximum Gasteiger partial charge on any atom is 0.190 e. The molecule has 0 N–H and O–H groups in total. The van der Waals surface area contributed by atoms with E-state index >= 15 is 0 Å². The molecule has 0 amide bonds. The number of fused-ring (bicyclic) bond motifs is 3. The molecule has 0 radical (unpaired) electrons. The van der Waals surface area contributed by atoms with E-state index < -0.39 is 12.6 Å². The Morgan fingerprint density at radius 3 is 2.06 bits per heavy atom. The maximum absolute atomic E-state index is 6.31. The van der Waals surface area contributed by atoms with Crippen molar-refractivity contribution in [3.05, 3.63) is 59.7 Å². The quantitative estimate of drug-likeness (QED) is 0.488. The summed E-state index contributed by atoms with van der Waals surface area (Å²) in [5.74, 6) is 0.498. The van der Waals surface area contributed by atoms with Crippen LogP contribution in [0.1, 0.15) is 80.1 Å². The molecule has 0 bridgehead atoms. The summed E-state index contributed by atoms with van der Waals surface area (Å²) in [7, 11) is 0. The third-order valence-corrected chi connectivity index (χ3v) is 5.73. The second-order valence-corrected chi connectivity index (χ2v) is 7.75. The van der Waals surface area contributed by atoms with E-state index in [1.807, 2.05) is 71.9 Å². The summed E-state index contributed by atoms with van der Waals surface area (Å²) in [5.41, 5.74) is 2.09. The first-order valence-electron chi connectivity index (χ1n) is 12.9. The van der Waals surface area contributed by atoms with Crippen molar-refractivity contribution in [3.63, 3.8) is 0 Å². The van der Waals surface area contributed by atoms with Crippen molar-refractivity contribution < 1.29 is 23.7 Å². The van der Waals surface area contributed by atoms with Gasteiger partial charge in [-0.3, -0.25) is 0 Å². The van der Waals surface area contributed by atoms with E-state index in [2.05, 4.69) is 32.1 Å². The third-order valence-electron chi connectivity index (χ3n) is 5.73. The first kappa shape index (κ1) is 27.7. The first-order chi connectivity index (χ1) is 16.2. The number of allylic oxidation sites excluding steroid dienone is 2. The Kier molecular flexibility index (Phi) is 11.8. The molecule has 0 spiro atoms. The fourth-order valence-corrected chi connectivity index (χ4v) is 4.35. The Hall–Kier alpha value is -1.50. The summed E-state index contributed by atoms with van der Waals surface area (Å²) < 4.78 is 31.0. The Morgan fingerprint density at radius 1 is 0.758 bits per heavy atom. The van der Waals surface area contributed by atoms with Crippen molar-refractivity contribution in [2.24, 2.45) is 5.92 Å². The lowest BCUT2D eigenvalue weighted by Gasteiger charge is -2.39. The highest BCUT2D eigenvalue weighted by Crippen LogP contribution is 2.44. The van der Waals surface area contributed by atoms with Crippen LogP contribution in [0.3, 0.4) is 0 Å². The van der Waals surface area contributed by atoms with Crippen molar-refractivity contribution in [2.45, 2.75) is 112 Å². The van der Waals surface area contributed by atoms with Gasteiger partial charge in [-0.15, -0.1) is 0 Å². The van der Waals surface area contributed by atoms with Crippen molar-refractivity contribution in [1.82, 2.24) is 0 Å². The van der Waals surface area contributed by atoms with Crippen molar-refractivity contribution >= 4 is 0 Å². The predicted molar refractivity (Wildman–Crippen MR) is 133 cm³/mol. The minimum atomic E-state index is -0.413. The van der Waals surface area contributed by atoms with Crippen molar-refractivity contribution in [3.8, 4) is 0 Å². The highest BCUT2D eigenvalue weighted by atomic mass is 16.8. The average Bonchev–Trinajstić information content (AvgIpc) is 3.46. The summed E-state index contributed by atoms with van der Waals surface area (Å²) in [5, 5.41) is 0. The molecule has 0 saturated carbocycles. The van der Waals surface area contributed by atoms with Crippen LogP contribution in [0.4, 0.5) is 0 Å². The molecule has 3 aliphatic heterocycles. The molecule has 0 aromatic heterocycles. The highest BCUT2D eigenvalue weighted by molar-refractivity contribution is 5.27. The standard InChI is InChI=1S/C22H26O5.3C2H6/c1-3-16-17-18(25-20(23-16)14-9-5-4-6-10-14)19-22(24-17)27-21(26-19)15-11-7-8-13(2)12-15;3*1-2/h4-7,9-13,16-22H,3,8H2,1-2H3;3*1-2H3. The van der Waals surface area contributed by atoms with Gasteiger partial charge in [-0.05, 0) is 18.8 Å². The van der Waals surface area contributed by atoms with E-state index in [1.54, 1.807) is 0 Å². The van der Waals surface area contributed by atoms with Gasteiger partial charge < -0.3 is 23.7 Å². The monoisotopic (exact) mass is 460 g/mol. The molecule has 4 aliphatic rings. The van der Waals surface area contributed by atoms with E-state index in [-0.39, 0.29) is 30.7 Å². The lowest BCUT2D eigenvalue weighted by atomic mass is 9.98. The predicted octanol–water partition coefficient (Wildman–Crippen LogP) is 6.95. The SMILES string of the molecule is CC.CC.CC.CCC1OC(c2ccccc2)OC2C1OC1OC(C3=CC(C)CC=C3)OC12. The largest absolute Gasteiger partial charge is 0.342 e. The number of hydrogen-bond acceptors (Lipinski definition) is 5. The van der Waals surface area contributed by atoms with Gasteiger partial charge in [0.25, 0.3) is 0 Å². The minimum Gasteiger partial charge on any atom is -0.342 e. The van der Waals surface area contributed by atoms with Gasteiger partial charge in [0, 0.05) is 11.1 Å². The van der Waals surface area contributed by atoms with Gasteiger partial charge in [-0.25, -0.2) is 0 Å². The molecule has 3 fully saturated rings. The summed E-state index contributed by atoms with van der Waals surface area (Å²) >= 11 is 0. The fourth-order valence-electron chi connectivity index (χ4n) is 4.35. The third kappa shape index (κ3) is 6.34. The van der Waals surface area contributed by atoms with Gasteiger partial charge in [0.2, 0.25) is 0 Å². The topological polar surface area (TPSA) is 46.2 Å². The van der Waals surface area contributed by atoms with Gasteiger partial charge >= 0.3 is 0 Å². The average molecular weight is 461 g/mol. The molecule has 8 unspecified atom stereocenters. The molecule has 5 nitrogen and oxygen atoms in total. The molecular formula is C28H44O5. The zero-order valence-corrected chi connectivity index (χ0v) is 21.7. The Balaban J connectivity index is 0.000000597. The second-order valence-electron chi connectivity index (χ2n) is 7.75. The van der Waals surface area contributed by atoms with Crippen LogP contribution < -0.4 is 0 Å². The summed E-state index contributed by atoms with van der Waals surface area (Å²) in [6.45, 7) is 16.3. The Bertz CT molecular complexity index is 731. The van der Waals surface area contributed by atoms with Crippen LogP contribution in [-0.2, 0) is 23.7 Å². The van der Waals surface area contributed by atoms with Gasteiger partial charge in [0.05, 0.1) is 6.10 Å². The van der Waals surface area contributed by atoms with Gasteiger partial charge in [-0.2, -0.15) is 0 Å². The molecule has 33 heavy (non-hydrogen) atoms. The molecule has 8 atom stereocenters. The summed E-state index contributed by atoms with van der Waals surface area (Å²) in [6.07, 6.45) is 6.54. The van der Waals surface area contributed by atoms with Crippen LogP contribution in [-0.4, -0.2) is 37.0 Å². The van der Waals surface area contributed by atoms with Crippen LogP contribution >= 0.6 is 0 Å². The van der Waals surface area contributed by atoms with Crippen LogP contribution in [0.5, 0.6) is 0 Å². The number of ether oxygens (including phenoxy) is 5. The zero-order valence-electron chi connectivity index (χ0n) is 21.7. The smallest absolute Gasteiger partial charge is 0.190 e. The second kappa shape index (κ2) is 14.0. The van der Waals surface area contributed by atoms with E-state index in [1.165, 1.54) is 0 Å². The van der Waals surface area contributed by atoms with Crippen LogP contribution in [0.25, 0.3) is 0 Å². The van der Waals surface area contributed by atoms with E-state index in [0.29, 0.717) is 5.92 Å². The maximum atomic E-state index is 6.31. The normalized spacial score (nSPS) is 35.9. The Morgan fingerprint density at radius 2 is 1.42 bits per heavy atom. The van der Waals surface area contributed by atoms with Crippen LogP contribution in [0.2, 0.25) is 0 Å². The van der Waals surface area contributed by atoms with Crippen molar-refractivity contribution in [1.29, 1.82) is 0 Å². The number of hydrogen-bond donors (Lipinski definition) is 0. The molecule has 5 heteroatoms. The minimum absolute atomic E-state index is 0.0426. The molecular weight excluding hydrogens is 416 g/mol. The summed E-state index contributed by atoms with van der Waals surface area (Å²) in [6, 6.07) is 10.0. The molecule has 3 heterocycles. The molecule has 5 rings (SSSR count). The Labute approximate surface area is 201 Å². The van der Waals surface area contributed by atoms with Crippen LogP contribution in [0, 0.1) is 5.92 Å². The van der Waals surface area contributed by atoms with Gasteiger partial charge in [-0.1, -0.05) is 104 Å². The van der Waals surface area contributed by atoms with Gasteiger partial charge in [0.15, 0.2) is 18.9 Å². The first-order valence-corrected chi connectivity index (χ1v) is 12.9. The summed E-state index contributed by atoms with van der Waals surface area (Å²) in [4.78, 5) is 0. The highest BCUT2D eigenvalue weighted by Gasteiger charge is 2.58. The van der Waals surface area contributed by atoms with E-state index in [4.69, 9.17) is 23.7 Å². The lowest BCUT2D eigenvalue weighted by molar-refractivity contribution is -0.298. The van der Waals surface area contributed by atoms with E-state index in [0.717, 1.165) is 24.0 Å². The molecule has 186 valence electrons. The lowest BCUT2D eigenvalue weighted by Crippen LogP contribution is -2.48. The van der Waals surface area contributed by atoms with Gasteiger partial charge in [0.1, 0.15) is 18.3 Å². The number of rotatable bonds is 3. The van der Waals surface area contributed by atoms with Crippen LogP contribution in [0.15, 0.2) is 54.1 Å². The number of benzene rings is 1. The molecule has 3 saturated heterocycles. The molecule has 1 aromatic carbocycles. The molecule has 1 aromatic rings. The fraction of sp³-hybridized carbons (Fsp3) is 0.643. The molecule has 1 aliphatic carbocycles. The zero-order chi connectivity index (χ0) is 24.4.